The van der Waals surface area contributed by atoms with Crippen molar-refractivity contribution < 1.29 is 24.6 Å². The molecule has 0 aliphatic carbocycles. The van der Waals surface area contributed by atoms with Gasteiger partial charge in [-0.05, 0) is 18.8 Å². The molecule has 1 aliphatic rings. The van der Waals surface area contributed by atoms with Gasteiger partial charge >= 0.3 is 5.97 Å². The highest BCUT2D eigenvalue weighted by atomic mass is 16.4. The van der Waals surface area contributed by atoms with Gasteiger partial charge in [0, 0.05) is 6.54 Å². The van der Waals surface area contributed by atoms with Crippen molar-refractivity contribution in [1.82, 2.24) is 10.2 Å². The van der Waals surface area contributed by atoms with Crippen molar-refractivity contribution in [3.63, 3.8) is 0 Å². The molecule has 1 saturated heterocycles. The molecule has 0 aromatic carbocycles. The van der Waals surface area contributed by atoms with Gasteiger partial charge in [0.05, 0.1) is 12.6 Å². The summed E-state index contributed by atoms with van der Waals surface area (Å²) in [6.45, 7) is 3.36. The lowest BCUT2D eigenvalue weighted by Crippen LogP contribution is -2.55. The number of nitrogens with two attached hydrogens (primary N) is 1. The molecule has 1 heterocycles. The number of nitrogens with zero attached hydrogens (tertiary/aromatic N) is 1. The number of carboxylic acids is 1. The quantitative estimate of drug-likeness (QED) is 0.473. The summed E-state index contributed by atoms with van der Waals surface area (Å²) in [5.74, 6) is -2.25. The molecule has 0 bridgehead atoms. The number of hydrogen-bond acceptors (Lipinski definition) is 5. The minimum Gasteiger partial charge on any atom is -0.480 e. The van der Waals surface area contributed by atoms with Gasteiger partial charge in [-0.2, -0.15) is 0 Å². The highest BCUT2D eigenvalue weighted by Crippen LogP contribution is 2.19. The first-order valence-electron chi connectivity index (χ1n) is 6.99. The highest BCUT2D eigenvalue weighted by Gasteiger charge is 2.37. The Bertz CT molecular complexity index is 413. The van der Waals surface area contributed by atoms with Crippen molar-refractivity contribution in [2.24, 2.45) is 11.7 Å². The molecule has 0 aromatic heterocycles. The Kier molecular flexibility index (Phi) is 6.10. The molecular formula is C13H23N3O5. The number of rotatable bonds is 6. The van der Waals surface area contributed by atoms with Gasteiger partial charge in [0.2, 0.25) is 11.8 Å². The van der Waals surface area contributed by atoms with Crippen LogP contribution >= 0.6 is 0 Å². The second-order valence-corrected chi connectivity index (χ2v) is 5.54. The maximum absolute atomic E-state index is 12.2. The number of aliphatic hydroxyl groups excluding tert-OH is 1. The molecule has 0 aromatic rings. The van der Waals surface area contributed by atoms with E-state index < -0.39 is 36.6 Å². The van der Waals surface area contributed by atoms with E-state index in [1.165, 1.54) is 4.90 Å². The summed E-state index contributed by atoms with van der Waals surface area (Å²) in [4.78, 5) is 36.6. The molecule has 5 N–H and O–H groups in total. The van der Waals surface area contributed by atoms with E-state index in [0.717, 1.165) is 0 Å². The molecule has 8 nitrogen and oxygen atoms in total. The number of carbonyl (C=O) groups excluding carboxylic acids is 2. The fourth-order valence-corrected chi connectivity index (χ4v) is 2.23. The van der Waals surface area contributed by atoms with Gasteiger partial charge in [-0.1, -0.05) is 13.8 Å². The van der Waals surface area contributed by atoms with Gasteiger partial charge < -0.3 is 26.2 Å². The standard InChI is InChI=1S/C13H23N3O5/c1-7(2)10(14)12(19)16-5-3-4-9(16)11(18)15-8(6-17)13(20)21/h7-10,17H,3-6,14H2,1-2H3,(H,15,18)(H,20,21). The summed E-state index contributed by atoms with van der Waals surface area (Å²) in [6.07, 6.45) is 1.12. The largest absolute Gasteiger partial charge is 0.480 e. The first kappa shape index (κ1) is 17.4. The van der Waals surface area contributed by atoms with Gasteiger partial charge in [0.1, 0.15) is 12.1 Å². The Morgan fingerprint density at radius 3 is 2.48 bits per heavy atom. The minimum atomic E-state index is -1.37. The van der Waals surface area contributed by atoms with Crippen molar-refractivity contribution in [3.05, 3.63) is 0 Å². The third-order valence-electron chi connectivity index (χ3n) is 3.64. The number of amides is 2. The molecule has 8 heteroatoms. The zero-order valence-electron chi connectivity index (χ0n) is 12.3. The van der Waals surface area contributed by atoms with Crippen LogP contribution in [0.25, 0.3) is 0 Å². The van der Waals surface area contributed by atoms with E-state index in [4.69, 9.17) is 15.9 Å². The van der Waals surface area contributed by atoms with E-state index in [1.54, 1.807) is 0 Å². The molecule has 120 valence electrons. The summed E-state index contributed by atoms with van der Waals surface area (Å²) >= 11 is 0. The van der Waals surface area contributed by atoms with Gasteiger partial charge in [0.15, 0.2) is 0 Å². The summed E-state index contributed by atoms with van der Waals surface area (Å²) in [5, 5.41) is 20.0. The van der Waals surface area contributed by atoms with Crippen LogP contribution in [0.1, 0.15) is 26.7 Å². The van der Waals surface area contributed by atoms with Crippen LogP contribution in [0, 0.1) is 5.92 Å². The second kappa shape index (κ2) is 7.37. The van der Waals surface area contributed by atoms with Crippen LogP contribution in [0.15, 0.2) is 0 Å². The molecule has 3 atom stereocenters. The Labute approximate surface area is 123 Å². The van der Waals surface area contributed by atoms with Crippen LogP contribution in [0.2, 0.25) is 0 Å². The lowest BCUT2D eigenvalue weighted by atomic mass is 10.0. The molecule has 0 saturated carbocycles. The Morgan fingerprint density at radius 1 is 1.38 bits per heavy atom. The van der Waals surface area contributed by atoms with Crippen molar-refractivity contribution >= 4 is 17.8 Å². The number of hydrogen-bond donors (Lipinski definition) is 4. The van der Waals surface area contributed by atoms with E-state index in [0.29, 0.717) is 19.4 Å². The lowest BCUT2D eigenvalue weighted by molar-refractivity contribution is -0.145. The molecule has 3 unspecified atom stereocenters. The van der Waals surface area contributed by atoms with E-state index in [1.807, 2.05) is 13.8 Å². The fourth-order valence-electron chi connectivity index (χ4n) is 2.23. The maximum atomic E-state index is 12.2. The molecular weight excluding hydrogens is 278 g/mol. The average Bonchev–Trinajstić information content (AvgIpc) is 2.91. The number of aliphatic hydroxyl groups is 1. The first-order valence-corrected chi connectivity index (χ1v) is 6.99. The normalized spacial score (nSPS) is 21.2. The first-order chi connectivity index (χ1) is 9.79. The van der Waals surface area contributed by atoms with Crippen molar-refractivity contribution in [2.45, 2.75) is 44.8 Å². The monoisotopic (exact) mass is 301 g/mol. The summed E-state index contributed by atoms with van der Waals surface area (Å²) in [7, 11) is 0. The SMILES string of the molecule is CC(C)C(N)C(=O)N1CCCC1C(=O)NC(CO)C(=O)O. The molecule has 0 radical (unpaired) electrons. The van der Waals surface area contributed by atoms with Gasteiger partial charge in [-0.3, -0.25) is 9.59 Å². The van der Waals surface area contributed by atoms with Gasteiger partial charge in [0.25, 0.3) is 0 Å². The van der Waals surface area contributed by atoms with Gasteiger partial charge in [-0.25, -0.2) is 4.79 Å². The van der Waals surface area contributed by atoms with E-state index in [-0.39, 0.29) is 11.8 Å². The van der Waals surface area contributed by atoms with Crippen LogP contribution < -0.4 is 11.1 Å². The number of carbonyl (C=O) groups is 3. The topological polar surface area (TPSA) is 133 Å². The average molecular weight is 301 g/mol. The van der Waals surface area contributed by atoms with E-state index >= 15 is 0 Å². The van der Waals surface area contributed by atoms with Crippen LogP contribution in [0.3, 0.4) is 0 Å². The molecule has 1 fully saturated rings. The van der Waals surface area contributed by atoms with Crippen molar-refractivity contribution in [3.8, 4) is 0 Å². The lowest BCUT2D eigenvalue weighted by Gasteiger charge is -2.28. The smallest absolute Gasteiger partial charge is 0.328 e. The van der Waals surface area contributed by atoms with Gasteiger partial charge in [-0.15, -0.1) is 0 Å². The summed E-state index contributed by atoms with van der Waals surface area (Å²) < 4.78 is 0. The second-order valence-electron chi connectivity index (χ2n) is 5.54. The predicted octanol–water partition coefficient (Wildman–Crippen LogP) is -1.48. The Morgan fingerprint density at radius 2 is 2.00 bits per heavy atom. The van der Waals surface area contributed by atoms with Crippen LogP contribution in [0.4, 0.5) is 0 Å². The molecule has 1 rings (SSSR count). The molecule has 0 spiro atoms. The van der Waals surface area contributed by atoms with E-state index in [9.17, 15) is 14.4 Å². The summed E-state index contributed by atoms with van der Waals surface area (Å²) in [6, 6.07) is -2.78. The molecule has 21 heavy (non-hydrogen) atoms. The number of carboxylic acid groups (broad SMARTS) is 1. The Balaban J connectivity index is 2.75. The van der Waals surface area contributed by atoms with Crippen LogP contribution in [0.5, 0.6) is 0 Å². The zero-order valence-corrected chi connectivity index (χ0v) is 12.3. The van der Waals surface area contributed by atoms with Crippen LogP contribution in [-0.2, 0) is 14.4 Å². The zero-order chi connectivity index (χ0) is 16.2. The number of likely N-dealkylation sites (tertiary alicyclic amines) is 1. The maximum Gasteiger partial charge on any atom is 0.328 e. The Hall–Kier alpha value is -1.67. The number of aliphatic carboxylic acids is 1. The van der Waals surface area contributed by atoms with Crippen molar-refractivity contribution in [2.75, 3.05) is 13.2 Å². The molecule has 2 amide bonds. The summed E-state index contributed by atoms with van der Waals surface area (Å²) in [5.41, 5.74) is 5.82. The van der Waals surface area contributed by atoms with Crippen LogP contribution in [-0.4, -0.2) is 64.2 Å². The number of nitrogens with one attached hydrogen (secondary N) is 1. The predicted molar refractivity (Wildman–Crippen MR) is 74.2 cm³/mol. The third-order valence-corrected chi connectivity index (χ3v) is 3.64. The minimum absolute atomic E-state index is 0.0500. The third kappa shape index (κ3) is 4.15. The highest BCUT2D eigenvalue weighted by molar-refractivity contribution is 5.92. The van der Waals surface area contributed by atoms with E-state index in [2.05, 4.69) is 5.32 Å². The fraction of sp³-hybridized carbons (Fsp3) is 0.769. The molecule has 1 aliphatic heterocycles. The van der Waals surface area contributed by atoms with Crippen molar-refractivity contribution in [1.29, 1.82) is 0 Å².